The molecule has 2 amide bonds. The Morgan fingerprint density at radius 3 is 2.53 bits per heavy atom. The van der Waals surface area contributed by atoms with Crippen molar-refractivity contribution in [1.29, 1.82) is 0 Å². The Morgan fingerprint density at radius 2 is 1.81 bits per heavy atom. The van der Waals surface area contributed by atoms with Gasteiger partial charge in [0.15, 0.2) is 23.0 Å². The highest BCUT2D eigenvalue weighted by Gasteiger charge is 2.31. The number of pyridine rings is 1. The molecule has 0 bridgehead atoms. The maximum Gasteiger partial charge on any atom is 0.410 e. The summed E-state index contributed by atoms with van der Waals surface area (Å²) in [6.07, 6.45) is 2.95. The molecule has 0 spiro atoms. The number of anilines is 2. The number of imidazole rings is 1. The first-order valence-electron chi connectivity index (χ1n) is 11.7. The van der Waals surface area contributed by atoms with Crippen LogP contribution in [-0.2, 0) is 4.74 Å². The number of benzene rings is 1. The van der Waals surface area contributed by atoms with Crippen LogP contribution in [0, 0.1) is 12.7 Å². The van der Waals surface area contributed by atoms with Gasteiger partial charge in [0.2, 0.25) is 6.79 Å². The minimum Gasteiger partial charge on any atom is -0.453 e. The number of amides is 2. The average molecular weight is 498 g/mol. The van der Waals surface area contributed by atoms with Gasteiger partial charge in [-0.15, -0.1) is 0 Å². The van der Waals surface area contributed by atoms with E-state index < -0.39 is 17.3 Å². The molecule has 5 rings (SSSR count). The van der Waals surface area contributed by atoms with Crippen molar-refractivity contribution in [2.45, 2.75) is 33.3 Å². The lowest BCUT2D eigenvalue weighted by molar-refractivity contribution is 0.0240. The predicted octanol–water partition coefficient (Wildman–Crippen LogP) is 3.82. The molecule has 2 aliphatic heterocycles. The Morgan fingerprint density at radius 1 is 1.08 bits per heavy atom. The van der Waals surface area contributed by atoms with Gasteiger partial charge in [0.25, 0.3) is 5.91 Å². The van der Waals surface area contributed by atoms with Crippen LogP contribution in [-0.4, -0.2) is 64.9 Å². The third kappa shape index (κ3) is 4.60. The molecule has 11 heteroatoms. The molecule has 1 saturated heterocycles. The number of hydrogen-bond donors (Lipinski definition) is 1. The van der Waals surface area contributed by atoms with Gasteiger partial charge in [-0.1, -0.05) is 0 Å². The summed E-state index contributed by atoms with van der Waals surface area (Å²) < 4.78 is 32.8. The molecule has 0 aliphatic carbocycles. The van der Waals surface area contributed by atoms with Gasteiger partial charge in [0, 0.05) is 44.6 Å². The van der Waals surface area contributed by atoms with E-state index in [4.69, 9.17) is 14.2 Å². The molecule has 3 aromatic rings. The third-order valence-corrected chi connectivity index (χ3v) is 5.90. The molecule has 2 aliphatic rings. The van der Waals surface area contributed by atoms with Crippen molar-refractivity contribution < 1.29 is 28.2 Å². The maximum atomic E-state index is 14.4. The van der Waals surface area contributed by atoms with Crippen molar-refractivity contribution in [2.24, 2.45) is 0 Å². The second-order valence-corrected chi connectivity index (χ2v) is 9.80. The zero-order valence-electron chi connectivity index (χ0n) is 20.6. The third-order valence-electron chi connectivity index (χ3n) is 5.90. The number of rotatable bonds is 3. The first kappa shape index (κ1) is 23.7. The summed E-state index contributed by atoms with van der Waals surface area (Å²) in [5.41, 5.74) is 1.66. The van der Waals surface area contributed by atoms with Crippen LogP contribution >= 0.6 is 0 Å². The molecular formula is C25H28FN5O5. The van der Waals surface area contributed by atoms with Crippen LogP contribution in [0.25, 0.3) is 5.65 Å². The molecule has 1 N–H and O–H groups in total. The van der Waals surface area contributed by atoms with Crippen LogP contribution in [0.4, 0.5) is 20.6 Å². The highest BCUT2D eigenvalue weighted by atomic mass is 19.1. The normalized spacial score (nSPS) is 15.4. The Kier molecular flexibility index (Phi) is 5.85. The molecule has 36 heavy (non-hydrogen) atoms. The Bertz CT molecular complexity index is 1340. The number of ether oxygens (including phenoxy) is 3. The Hall–Kier alpha value is -4.02. The fourth-order valence-electron chi connectivity index (χ4n) is 4.31. The highest BCUT2D eigenvalue weighted by molar-refractivity contribution is 6.07. The van der Waals surface area contributed by atoms with Gasteiger partial charge >= 0.3 is 6.09 Å². The number of nitrogens with zero attached hydrogens (tertiary/aromatic N) is 4. The fraction of sp³-hybridized carbons (Fsp3) is 0.400. The van der Waals surface area contributed by atoms with E-state index >= 15 is 0 Å². The van der Waals surface area contributed by atoms with Gasteiger partial charge in [-0.05, 0) is 39.8 Å². The van der Waals surface area contributed by atoms with E-state index in [1.165, 1.54) is 10.5 Å². The van der Waals surface area contributed by atoms with Gasteiger partial charge in [0.05, 0.1) is 22.6 Å². The average Bonchev–Trinajstić information content (AvgIpc) is 3.44. The van der Waals surface area contributed by atoms with Crippen LogP contribution in [0.1, 0.15) is 36.8 Å². The molecule has 1 fully saturated rings. The second-order valence-electron chi connectivity index (χ2n) is 9.80. The van der Waals surface area contributed by atoms with E-state index in [9.17, 15) is 14.0 Å². The van der Waals surface area contributed by atoms with Crippen molar-refractivity contribution >= 4 is 29.0 Å². The van der Waals surface area contributed by atoms with Crippen molar-refractivity contribution in [3.63, 3.8) is 0 Å². The number of fused-ring (bicyclic) bond motifs is 2. The predicted molar refractivity (Wildman–Crippen MR) is 130 cm³/mol. The van der Waals surface area contributed by atoms with Crippen LogP contribution in [0.2, 0.25) is 0 Å². The van der Waals surface area contributed by atoms with E-state index in [2.05, 4.69) is 15.2 Å². The summed E-state index contributed by atoms with van der Waals surface area (Å²) in [6, 6.07) is 4.69. The number of hydrogen-bond acceptors (Lipinski definition) is 7. The van der Waals surface area contributed by atoms with E-state index in [-0.39, 0.29) is 29.8 Å². The van der Waals surface area contributed by atoms with Crippen molar-refractivity contribution in [2.75, 3.05) is 43.2 Å². The van der Waals surface area contributed by atoms with Gasteiger partial charge in [-0.3, -0.25) is 4.79 Å². The lowest BCUT2D eigenvalue weighted by Crippen LogP contribution is -2.50. The second kappa shape index (κ2) is 8.89. The number of aromatic nitrogens is 2. The number of halogens is 1. The summed E-state index contributed by atoms with van der Waals surface area (Å²) in [5, 5.41) is 2.73. The summed E-state index contributed by atoms with van der Waals surface area (Å²) in [5.74, 6) is -0.181. The van der Waals surface area contributed by atoms with Gasteiger partial charge in [-0.25, -0.2) is 14.2 Å². The van der Waals surface area contributed by atoms with Gasteiger partial charge in [0.1, 0.15) is 5.60 Å². The molecule has 0 saturated carbocycles. The maximum absolute atomic E-state index is 14.4. The van der Waals surface area contributed by atoms with E-state index in [0.29, 0.717) is 43.4 Å². The Labute approximate surface area is 207 Å². The molecular weight excluding hydrogens is 469 g/mol. The minimum absolute atomic E-state index is 0.0145. The van der Waals surface area contributed by atoms with Gasteiger partial charge < -0.3 is 33.7 Å². The summed E-state index contributed by atoms with van der Waals surface area (Å²) >= 11 is 0. The first-order valence-corrected chi connectivity index (χ1v) is 11.7. The molecule has 0 unspecified atom stereocenters. The zero-order chi connectivity index (χ0) is 25.6. The Balaban J connectivity index is 1.32. The van der Waals surface area contributed by atoms with Crippen molar-refractivity contribution in [3.8, 4) is 11.5 Å². The summed E-state index contributed by atoms with van der Waals surface area (Å²) in [6.45, 7) is 9.41. The number of piperazine rings is 1. The van der Waals surface area contributed by atoms with Crippen molar-refractivity contribution in [1.82, 2.24) is 14.3 Å². The lowest BCUT2D eigenvalue weighted by atomic mass is 10.1. The highest BCUT2D eigenvalue weighted by Crippen LogP contribution is 2.44. The lowest BCUT2D eigenvalue weighted by Gasteiger charge is -2.37. The zero-order valence-corrected chi connectivity index (χ0v) is 20.6. The van der Waals surface area contributed by atoms with E-state index in [1.807, 2.05) is 20.8 Å². The molecule has 2 aromatic heterocycles. The van der Waals surface area contributed by atoms with Crippen molar-refractivity contribution in [3.05, 3.63) is 47.7 Å². The number of carbonyl (C=O) groups excluding carboxylic acids is 2. The standard InChI is InChI=1S/C25H28FN5O5/c1-15-12-31-13-16(11-18(26)22(31)27-15)28-23(32)17-5-6-19(21-20(17)34-14-35-21)29-7-9-30(10-8-29)24(33)36-25(2,3)4/h5-6,11-13H,7-10,14H2,1-4H3,(H,28,32). The summed E-state index contributed by atoms with van der Waals surface area (Å²) in [7, 11) is 0. The molecule has 1 aromatic carbocycles. The molecule has 4 heterocycles. The molecule has 190 valence electrons. The molecule has 0 radical (unpaired) electrons. The molecule has 10 nitrogen and oxygen atoms in total. The minimum atomic E-state index is -0.550. The summed E-state index contributed by atoms with van der Waals surface area (Å²) in [4.78, 5) is 33.3. The fourth-order valence-corrected chi connectivity index (χ4v) is 4.31. The number of aryl methyl sites for hydroxylation is 1. The monoisotopic (exact) mass is 497 g/mol. The topological polar surface area (TPSA) is 97.6 Å². The smallest absolute Gasteiger partial charge is 0.410 e. The van der Waals surface area contributed by atoms with E-state index in [0.717, 1.165) is 5.69 Å². The molecule has 0 atom stereocenters. The number of carbonyl (C=O) groups is 2. The SMILES string of the molecule is Cc1cn2cc(NC(=O)c3ccc(N4CCN(C(=O)OC(C)(C)C)CC4)c4c3OCO4)cc(F)c2n1. The first-order chi connectivity index (χ1) is 17.1. The van der Waals surface area contributed by atoms with Crippen LogP contribution < -0.4 is 19.7 Å². The van der Waals surface area contributed by atoms with E-state index in [1.54, 1.807) is 36.4 Å². The largest absolute Gasteiger partial charge is 0.453 e. The van der Waals surface area contributed by atoms with Crippen LogP contribution in [0.3, 0.4) is 0 Å². The van der Waals surface area contributed by atoms with Gasteiger partial charge in [-0.2, -0.15) is 0 Å². The number of nitrogens with one attached hydrogen (secondary N) is 1. The quantitative estimate of drug-likeness (QED) is 0.588. The van der Waals surface area contributed by atoms with Crippen LogP contribution in [0.15, 0.2) is 30.6 Å². The van der Waals surface area contributed by atoms with Crippen LogP contribution in [0.5, 0.6) is 11.5 Å².